The van der Waals surface area contributed by atoms with Gasteiger partial charge in [-0.1, -0.05) is 6.08 Å². The Morgan fingerprint density at radius 2 is 2.40 bits per heavy atom. The van der Waals surface area contributed by atoms with Gasteiger partial charge < -0.3 is 4.74 Å². The summed E-state index contributed by atoms with van der Waals surface area (Å²) < 4.78 is 4.95. The Labute approximate surface area is 89.5 Å². The quantitative estimate of drug-likeness (QED) is 0.652. The van der Waals surface area contributed by atoms with Gasteiger partial charge in [-0.05, 0) is 32.6 Å². The Morgan fingerprint density at radius 3 is 3.00 bits per heavy atom. The van der Waals surface area contributed by atoms with Crippen molar-refractivity contribution in [2.75, 3.05) is 6.61 Å². The molecule has 0 aliphatic heterocycles. The Bertz CT molecular complexity index is 330. The molecular formula is C12H16O3. The third-order valence-electron chi connectivity index (χ3n) is 3.46. The van der Waals surface area contributed by atoms with Gasteiger partial charge in [0.2, 0.25) is 0 Å². The highest BCUT2D eigenvalue weighted by Gasteiger charge is 2.45. The first kappa shape index (κ1) is 10.4. The molecule has 2 aliphatic carbocycles. The van der Waals surface area contributed by atoms with Crippen molar-refractivity contribution in [3.63, 3.8) is 0 Å². The van der Waals surface area contributed by atoms with E-state index in [1.54, 1.807) is 6.92 Å². The predicted octanol–water partition coefficient (Wildman–Crippen LogP) is 2.01. The van der Waals surface area contributed by atoms with Crippen LogP contribution in [0, 0.1) is 5.41 Å². The number of carbonyl (C=O) groups excluding carboxylic acids is 2. The van der Waals surface area contributed by atoms with Crippen LogP contribution in [-0.2, 0) is 14.3 Å². The van der Waals surface area contributed by atoms with Gasteiger partial charge in [-0.3, -0.25) is 4.79 Å². The second-order valence-electron chi connectivity index (χ2n) is 4.39. The van der Waals surface area contributed by atoms with Crippen LogP contribution in [0.2, 0.25) is 0 Å². The minimum atomic E-state index is -0.242. The van der Waals surface area contributed by atoms with Crippen molar-refractivity contribution in [2.45, 2.75) is 39.0 Å². The van der Waals surface area contributed by atoms with E-state index in [1.165, 1.54) is 0 Å². The summed E-state index contributed by atoms with van der Waals surface area (Å²) in [5.74, 6) is 0.0899. The van der Waals surface area contributed by atoms with Crippen LogP contribution in [0.5, 0.6) is 0 Å². The summed E-state index contributed by atoms with van der Waals surface area (Å²) in [6.45, 7) is 2.20. The number of esters is 1. The normalized spacial score (nSPS) is 29.7. The first-order valence-corrected chi connectivity index (χ1v) is 5.57. The average Bonchev–Trinajstić information content (AvgIpc) is 2.77. The lowest BCUT2D eigenvalue weighted by Crippen LogP contribution is -2.23. The van der Waals surface area contributed by atoms with Gasteiger partial charge in [-0.25, -0.2) is 4.79 Å². The first-order valence-electron chi connectivity index (χ1n) is 5.57. The zero-order valence-corrected chi connectivity index (χ0v) is 9.04. The van der Waals surface area contributed by atoms with Crippen LogP contribution in [0.15, 0.2) is 11.6 Å². The van der Waals surface area contributed by atoms with Gasteiger partial charge in [-0.15, -0.1) is 0 Å². The van der Waals surface area contributed by atoms with Crippen molar-refractivity contribution in [3.8, 4) is 0 Å². The van der Waals surface area contributed by atoms with Gasteiger partial charge in [0.25, 0.3) is 0 Å². The van der Waals surface area contributed by atoms with Crippen LogP contribution in [0.1, 0.15) is 39.0 Å². The molecule has 1 spiro atoms. The number of rotatable bonds is 2. The maximum atomic E-state index is 11.7. The molecule has 0 aromatic carbocycles. The molecule has 0 aromatic rings. The smallest absolute Gasteiger partial charge is 0.333 e. The second kappa shape index (κ2) is 3.80. The van der Waals surface area contributed by atoms with Crippen molar-refractivity contribution >= 4 is 11.8 Å². The average molecular weight is 208 g/mol. The number of allylic oxidation sites excluding steroid dienone is 1. The van der Waals surface area contributed by atoms with Gasteiger partial charge in [0.05, 0.1) is 6.61 Å². The molecule has 0 saturated heterocycles. The summed E-state index contributed by atoms with van der Waals surface area (Å²) in [7, 11) is 0. The molecule has 3 heteroatoms. The lowest BCUT2D eigenvalue weighted by atomic mass is 9.82. The number of ether oxygens (including phenoxy) is 1. The zero-order chi connectivity index (χ0) is 10.9. The topological polar surface area (TPSA) is 43.4 Å². The molecule has 0 N–H and O–H groups in total. The highest BCUT2D eigenvalue weighted by atomic mass is 16.5. The predicted molar refractivity (Wildman–Crippen MR) is 55.2 cm³/mol. The van der Waals surface area contributed by atoms with Crippen LogP contribution >= 0.6 is 0 Å². The van der Waals surface area contributed by atoms with Gasteiger partial charge >= 0.3 is 5.97 Å². The maximum Gasteiger partial charge on any atom is 0.333 e. The molecule has 3 nitrogen and oxygen atoms in total. The lowest BCUT2D eigenvalue weighted by Gasteiger charge is -2.20. The van der Waals surface area contributed by atoms with E-state index < -0.39 is 0 Å². The van der Waals surface area contributed by atoms with E-state index in [9.17, 15) is 9.59 Å². The summed E-state index contributed by atoms with van der Waals surface area (Å²) in [5, 5.41) is 0. The lowest BCUT2D eigenvalue weighted by molar-refractivity contribution is -0.138. The third-order valence-corrected chi connectivity index (χ3v) is 3.46. The van der Waals surface area contributed by atoms with Crippen LogP contribution in [-0.4, -0.2) is 18.4 Å². The van der Waals surface area contributed by atoms with Gasteiger partial charge in [0.1, 0.15) is 5.78 Å². The molecule has 1 saturated carbocycles. The van der Waals surface area contributed by atoms with Crippen molar-refractivity contribution in [2.24, 2.45) is 5.41 Å². The molecule has 1 atom stereocenters. The Morgan fingerprint density at radius 1 is 1.60 bits per heavy atom. The van der Waals surface area contributed by atoms with E-state index in [2.05, 4.69) is 0 Å². The number of ketones is 1. The molecule has 1 unspecified atom stereocenters. The van der Waals surface area contributed by atoms with Crippen LogP contribution in [0.3, 0.4) is 0 Å². The fraction of sp³-hybridized carbons (Fsp3) is 0.667. The molecule has 0 amide bonds. The van der Waals surface area contributed by atoms with Crippen LogP contribution in [0.4, 0.5) is 0 Å². The van der Waals surface area contributed by atoms with Gasteiger partial charge in [-0.2, -0.15) is 0 Å². The number of carbonyl (C=O) groups is 2. The van der Waals surface area contributed by atoms with Gasteiger partial charge in [0, 0.05) is 17.4 Å². The van der Waals surface area contributed by atoms with Crippen molar-refractivity contribution < 1.29 is 14.3 Å². The molecular weight excluding hydrogens is 192 g/mol. The Hall–Kier alpha value is -1.12. The van der Waals surface area contributed by atoms with Crippen molar-refractivity contribution in [1.82, 2.24) is 0 Å². The molecule has 0 heterocycles. The summed E-state index contributed by atoms with van der Waals surface area (Å²) in [5.41, 5.74) is 0.467. The van der Waals surface area contributed by atoms with Crippen molar-refractivity contribution in [1.29, 1.82) is 0 Å². The Kier molecular flexibility index (Phi) is 2.63. The summed E-state index contributed by atoms with van der Waals surface area (Å²) in [4.78, 5) is 23.2. The van der Waals surface area contributed by atoms with Gasteiger partial charge in [0.15, 0.2) is 0 Å². The highest BCUT2D eigenvalue weighted by Crippen LogP contribution is 2.47. The second-order valence-corrected chi connectivity index (χ2v) is 4.39. The van der Waals surface area contributed by atoms with E-state index in [1.807, 2.05) is 6.08 Å². The van der Waals surface area contributed by atoms with Crippen LogP contribution in [0.25, 0.3) is 0 Å². The monoisotopic (exact) mass is 208 g/mol. The Balaban J connectivity index is 2.04. The maximum absolute atomic E-state index is 11.7. The van der Waals surface area contributed by atoms with E-state index >= 15 is 0 Å². The van der Waals surface area contributed by atoms with Crippen molar-refractivity contribution in [3.05, 3.63) is 11.6 Å². The highest BCUT2D eigenvalue weighted by molar-refractivity contribution is 5.94. The largest absolute Gasteiger partial charge is 0.463 e. The van der Waals surface area contributed by atoms with E-state index in [-0.39, 0.29) is 11.4 Å². The standard InChI is InChI=1S/C12H16O3/c1-2-15-11(14)9-5-7-12(8-9)6-3-4-10(12)13/h5H,2-4,6-8H2,1H3. The summed E-state index contributed by atoms with van der Waals surface area (Å²) in [6.07, 6.45) is 5.82. The fourth-order valence-electron chi connectivity index (χ4n) is 2.60. The fourth-order valence-corrected chi connectivity index (χ4v) is 2.60. The van der Waals surface area contributed by atoms with E-state index in [0.29, 0.717) is 30.8 Å². The molecule has 0 aromatic heterocycles. The van der Waals surface area contributed by atoms with Crippen LogP contribution < -0.4 is 0 Å². The number of hydrogen-bond acceptors (Lipinski definition) is 3. The minimum absolute atomic E-state index is 0.234. The van der Waals surface area contributed by atoms with E-state index in [4.69, 9.17) is 4.74 Å². The molecule has 15 heavy (non-hydrogen) atoms. The van der Waals surface area contributed by atoms with E-state index in [0.717, 1.165) is 19.3 Å². The summed E-state index contributed by atoms with van der Waals surface area (Å²) >= 11 is 0. The SMILES string of the molecule is CCOC(=O)C1=CCC2(CCCC2=O)C1. The molecule has 0 radical (unpaired) electrons. The third kappa shape index (κ3) is 1.71. The molecule has 1 fully saturated rings. The number of Topliss-reactive ketones (excluding diaryl/α,β-unsaturated/α-hetero) is 1. The first-order chi connectivity index (χ1) is 7.18. The molecule has 2 aliphatic rings. The number of hydrogen-bond donors (Lipinski definition) is 0. The minimum Gasteiger partial charge on any atom is -0.463 e. The molecule has 2 rings (SSSR count). The summed E-state index contributed by atoms with van der Waals surface area (Å²) in [6, 6.07) is 0. The zero-order valence-electron chi connectivity index (χ0n) is 9.04. The molecule has 82 valence electrons. The molecule has 0 bridgehead atoms.